The van der Waals surface area contributed by atoms with Gasteiger partial charge >= 0.3 is 0 Å². The Labute approximate surface area is 139 Å². The number of carbonyl (C=O) groups is 2. The topological polar surface area (TPSA) is 88.9 Å². The number of hydrogen-bond acceptors (Lipinski definition) is 5. The first-order valence-corrected chi connectivity index (χ1v) is 8.09. The van der Waals surface area contributed by atoms with Crippen molar-refractivity contribution in [2.24, 2.45) is 7.05 Å². The van der Waals surface area contributed by atoms with Gasteiger partial charge in [0.2, 0.25) is 5.91 Å². The fraction of sp³-hybridized carbons (Fsp3) is 0.467. The van der Waals surface area contributed by atoms with E-state index < -0.39 is 0 Å². The van der Waals surface area contributed by atoms with Gasteiger partial charge in [0.05, 0.1) is 17.9 Å². The minimum absolute atomic E-state index is 0.0644. The Balaban J connectivity index is 1.89. The van der Waals surface area contributed by atoms with Crippen molar-refractivity contribution < 1.29 is 9.59 Å². The summed E-state index contributed by atoms with van der Waals surface area (Å²) in [6.45, 7) is 7.86. The molecule has 2 N–H and O–H groups in total. The lowest BCUT2D eigenvalue weighted by atomic mass is 9.93. The van der Waals surface area contributed by atoms with E-state index in [-0.39, 0.29) is 23.8 Å². The van der Waals surface area contributed by atoms with Crippen LogP contribution in [0.15, 0.2) is 11.4 Å². The molecule has 2 heterocycles. The molecular formula is C15H21N5O2S. The van der Waals surface area contributed by atoms with Crippen LogP contribution in [0.25, 0.3) is 0 Å². The SMILES string of the molecule is Cc1cc(C(=O)NCC(=O)Nc2nc(C(C)(C)C)cs2)n(C)n1. The molecule has 2 aromatic rings. The van der Waals surface area contributed by atoms with Crippen molar-refractivity contribution in [3.63, 3.8) is 0 Å². The fourth-order valence-electron chi connectivity index (χ4n) is 1.91. The van der Waals surface area contributed by atoms with Crippen LogP contribution in [-0.2, 0) is 17.3 Å². The summed E-state index contributed by atoms with van der Waals surface area (Å²) in [6, 6.07) is 1.67. The highest BCUT2D eigenvalue weighted by Crippen LogP contribution is 2.26. The van der Waals surface area contributed by atoms with Crippen LogP contribution < -0.4 is 10.6 Å². The van der Waals surface area contributed by atoms with E-state index in [2.05, 4.69) is 41.5 Å². The van der Waals surface area contributed by atoms with Gasteiger partial charge in [0.25, 0.3) is 5.91 Å². The molecular weight excluding hydrogens is 314 g/mol. The Morgan fingerprint density at radius 3 is 2.57 bits per heavy atom. The molecule has 0 aliphatic carbocycles. The summed E-state index contributed by atoms with van der Waals surface area (Å²) in [5.74, 6) is -0.648. The lowest BCUT2D eigenvalue weighted by molar-refractivity contribution is -0.115. The molecule has 0 aromatic carbocycles. The predicted octanol–water partition coefficient (Wildman–Crippen LogP) is 1.85. The maximum Gasteiger partial charge on any atom is 0.269 e. The number of amides is 2. The zero-order chi connectivity index (χ0) is 17.2. The molecule has 0 saturated carbocycles. The van der Waals surface area contributed by atoms with E-state index in [1.807, 2.05) is 5.38 Å². The van der Waals surface area contributed by atoms with Gasteiger partial charge in [-0.25, -0.2) is 4.98 Å². The van der Waals surface area contributed by atoms with Crippen LogP contribution in [0, 0.1) is 6.92 Å². The third kappa shape index (κ3) is 4.38. The fourth-order valence-corrected chi connectivity index (χ4v) is 2.87. The van der Waals surface area contributed by atoms with E-state index >= 15 is 0 Å². The number of carbonyl (C=O) groups excluding carboxylic acids is 2. The Morgan fingerprint density at radius 1 is 1.35 bits per heavy atom. The van der Waals surface area contributed by atoms with Gasteiger partial charge in [-0.15, -0.1) is 11.3 Å². The van der Waals surface area contributed by atoms with Crippen molar-refractivity contribution in [3.8, 4) is 0 Å². The first-order chi connectivity index (χ1) is 10.7. The monoisotopic (exact) mass is 335 g/mol. The van der Waals surface area contributed by atoms with Gasteiger partial charge in [0, 0.05) is 17.8 Å². The van der Waals surface area contributed by atoms with Crippen molar-refractivity contribution in [2.75, 3.05) is 11.9 Å². The molecule has 0 fully saturated rings. The van der Waals surface area contributed by atoms with Crippen molar-refractivity contribution in [2.45, 2.75) is 33.1 Å². The third-order valence-electron chi connectivity index (χ3n) is 3.16. The molecule has 2 aromatic heterocycles. The molecule has 0 unspecified atom stereocenters. The van der Waals surface area contributed by atoms with Gasteiger partial charge in [-0.1, -0.05) is 20.8 Å². The highest BCUT2D eigenvalue weighted by molar-refractivity contribution is 7.13. The first kappa shape index (κ1) is 17.1. The third-order valence-corrected chi connectivity index (χ3v) is 3.92. The quantitative estimate of drug-likeness (QED) is 0.892. The molecule has 0 aliphatic heterocycles. The number of nitrogens with zero attached hydrogens (tertiary/aromatic N) is 3. The molecule has 0 spiro atoms. The number of nitrogens with one attached hydrogen (secondary N) is 2. The summed E-state index contributed by atoms with van der Waals surface area (Å²) in [7, 11) is 1.69. The van der Waals surface area contributed by atoms with E-state index in [4.69, 9.17) is 0 Å². The number of anilines is 1. The van der Waals surface area contributed by atoms with Gasteiger partial charge in [0.15, 0.2) is 5.13 Å². The van der Waals surface area contributed by atoms with Crippen LogP contribution in [0.5, 0.6) is 0 Å². The van der Waals surface area contributed by atoms with E-state index in [9.17, 15) is 9.59 Å². The smallest absolute Gasteiger partial charge is 0.269 e. The summed E-state index contributed by atoms with van der Waals surface area (Å²) in [5.41, 5.74) is 2.02. The van der Waals surface area contributed by atoms with Crippen molar-refractivity contribution in [1.29, 1.82) is 0 Å². The standard InChI is InChI=1S/C15H21N5O2S/c1-9-6-10(20(5)19-9)13(22)16-7-12(21)18-14-17-11(8-23-14)15(2,3)4/h6,8H,7H2,1-5H3,(H,16,22)(H,17,18,21). The summed E-state index contributed by atoms with van der Waals surface area (Å²) in [4.78, 5) is 28.3. The predicted molar refractivity (Wildman–Crippen MR) is 89.7 cm³/mol. The van der Waals surface area contributed by atoms with Crippen LogP contribution in [0.3, 0.4) is 0 Å². The average Bonchev–Trinajstić information content (AvgIpc) is 3.02. The summed E-state index contributed by atoms with van der Waals surface area (Å²) in [6.07, 6.45) is 0. The Bertz CT molecular complexity index is 727. The second-order valence-corrected chi connectivity index (χ2v) is 7.17. The van der Waals surface area contributed by atoms with Gasteiger partial charge in [-0.2, -0.15) is 5.10 Å². The summed E-state index contributed by atoms with van der Waals surface area (Å²) in [5, 5.41) is 11.8. The molecule has 8 heteroatoms. The second-order valence-electron chi connectivity index (χ2n) is 6.31. The molecule has 2 rings (SSSR count). The van der Waals surface area contributed by atoms with Crippen LogP contribution in [0.2, 0.25) is 0 Å². The van der Waals surface area contributed by atoms with E-state index in [0.717, 1.165) is 11.4 Å². The van der Waals surface area contributed by atoms with Gasteiger partial charge in [-0.3, -0.25) is 14.3 Å². The molecule has 7 nitrogen and oxygen atoms in total. The molecule has 124 valence electrons. The van der Waals surface area contributed by atoms with Crippen LogP contribution in [0.4, 0.5) is 5.13 Å². The van der Waals surface area contributed by atoms with Crippen molar-refractivity contribution in [1.82, 2.24) is 20.1 Å². The summed E-state index contributed by atoms with van der Waals surface area (Å²) < 4.78 is 1.49. The maximum absolute atomic E-state index is 12.0. The van der Waals surface area contributed by atoms with Gasteiger partial charge < -0.3 is 10.6 Å². The molecule has 2 amide bonds. The number of rotatable bonds is 4. The maximum atomic E-state index is 12.0. The molecule has 0 atom stereocenters. The number of hydrogen-bond donors (Lipinski definition) is 2. The lowest BCUT2D eigenvalue weighted by Gasteiger charge is -2.14. The minimum Gasteiger partial charge on any atom is -0.342 e. The van der Waals surface area contributed by atoms with Crippen molar-refractivity contribution >= 4 is 28.3 Å². The second kappa shape index (κ2) is 6.49. The zero-order valence-electron chi connectivity index (χ0n) is 13.9. The highest BCUT2D eigenvalue weighted by Gasteiger charge is 2.18. The molecule has 0 bridgehead atoms. The Hall–Kier alpha value is -2.22. The number of thiazole rings is 1. The van der Waals surface area contributed by atoms with Crippen LogP contribution in [0.1, 0.15) is 42.6 Å². The molecule has 23 heavy (non-hydrogen) atoms. The number of aromatic nitrogens is 3. The molecule has 0 radical (unpaired) electrons. The zero-order valence-corrected chi connectivity index (χ0v) is 14.7. The summed E-state index contributed by atoms with van der Waals surface area (Å²) >= 11 is 1.37. The van der Waals surface area contributed by atoms with E-state index in [0.29, 0.717) is 10.8 Å². The van der Waals surface area contributed by atoms with Crippen LogP contribution in [-0.4, -0.2) is 33.1 Å². The Morgan fingerprint density at radius 2 is 2.04 bits per heavy atom. The average molecular weight is 335 g/mol. The van der Waals surface area contributed by atoms with Crippen molar-refractivity contribution in [3.05, 3.63) is 28.5 Å². The normalized spacial score (nSPS) is 11.3. The Kier molecular flexibility index (Phi) is 4.84. The number of aryl methyl sites for hydroxylation is 2. The van der Waals surface area contributed by atoms with Gasteiger partial charge in [0.1, 0.15) is 5.69 Å². The highest BCUT2D eigenvalue weighted by atomic mass is 32.1. The van der Waals surface area contributed by atoms with Crippen LogP contribution >= 0.6 is 11.3 Å². The lowest BCUT2D eigenvalue weighted by Crippen LogP contribution is -2.33. The molecule has 0 saturated heterocycles. The van der Waals surface area contributed by atoms with Gasteiger partial charge in [-0.05, 0) is 13.0 Å². The van der Waals surface area contributed by atoms with E-state index in [1.165, 1.54) is 16.0 Å². The molecule has 0 aliphatic rings. The largest absolute Gasteiger partial charge is 0.342 e. The van der Waals surface area contributed by atoms with E-state index in [1.54, 1.807) is 20.0 Å². The minimum atomic E-state index is -0.335. The first-order valence-electron chi connectivity index (χ1n) is 7.21.